The Kier molecular flexibility index (Phi) is 32.7. The Morgan fingerprint density at radius 3 is 1.62 bits per heavy atom. The third-order valence-electron chi connectivity index (χ3n) is 15.8. The first kappa shape index (κ1) is 74.3. The average molecular weight is 1220 g/mol. The van der Waals surface area contributed by atoms with Gasteiger partial charge >= 0.3 is 0 Å². The molecule has 0 spiro atoms. The minimum Gasteiger partial charge on any atom is -0.396 e. The van der Waals surface area contributed by atoms with Gasteiger partial charge < -0.3 is 73.4 Å². The number of unbranched alkanes of at least 4 members (excludes halogenated alkanes) is 4. The number of aliphatic hydroxyl groups is 3. The van der Waals surface area contributed by atoms with Crippen LogP contribution in [0.15, 0.2) is 42.1 Å². The molecule has 1 aromatic rings. The highest BCUT2D eigenvalue weighted by Crippen LogP contribution is 2.22. The third-order valence-corrected chi connectivity index (χ3v) is 15.8. The van der Waals surface area contributed by atoms with Gasteiger partial charge in [0.15, 0.2) is 0 Å². The molecule has 25 nitrogen and oxygen atoms in total. The molecule has 2 saturated heterocycles. The maximum Gasteiger partial charge on any atom is 0.270 e. The highest BCUT2D eigenvalue weighted by molar-refractivity contribution is 6.02. The number of fused-ring (bicyclic) bond motifs is 1. The first-order valence-electron chi connectivity index (χ1n) is 31.2. The van der Waals surface area contributed by atoms with Crippen LogP contribution < -0.4 is 53.2 Å². The fourth-order valence-corrected chi connectivity index (χ4v) is 10.4. The van der Waals surface area contributed by atoms with E-state index in [0.29, 0.717) is 31.2 Å². The highest BCUT2D eigenvalue weighted by Gasteiger charge is 2.43. The second-order valence-corrected chi connectivity index (χ2v) is 24.0. The maximum absolute atomic E-state index is 14.6. The molecule has 0 saturated carbocycles. The van der Waals surface area contributed by atoms with Crippen LogP contribution in [0.4, 0.5) is 0 Å². The zero-order chi connectivity index (χ0) is 64.9. The molecule has 2 heterocycles. The molecule has 13 N–H and O–H groups in total. The van der Waals surface area contributed by atoms with Crippen molar-refractivity contribution in [1.82, 2.24) is 58.1 Å². The number of nitrogens with one attached hydrogen (secondary N) is 10. The van der Waals surface area contributed by atoms with E-state index in [-0.39, 0.29) is 69.0 Å². The van der Waals surface area contributed by atoms with Crippen LogP contribution in [0.3, 0.4) is 0 Å². The number of amides is 11. The smallest absolute Gasteiger partial charge is 0.270 e. The van der Waals surface area contributed by atoms with Crippen molar-refractivity contribution < 1.29 is 68.1 Å². The lowest BCUT2D eigenvalue weighted by molar-refractivity contribution is -0.139. The number of carbonyl (C=O) groups is 11. The van der Waals surface area contributed by atoms with E-state index in [1.807, 2.05) is 41.5 Å². The molecule has 0 aromatic heterocycles. The topological polar surface area (TPSA) is 372 Å². The largest absolute Gasteiger partial charge is 0.396 e. The zero-order valence-electron chi connectivity index (χ0n) is 52.8. The van der Waals surface area contributed by atoms with Gasteiger partial charge in [0.1, 0.15) is 54.0 Å². The van der Waals surface area contributed by atoms with Gasteiger partial charge in [-0.3, -0.25) is 52.7 Å². The number of carbonyl (C=O) groups excluding carboxylic acids is 11. The average Bonchev–Trinajstić information content (AvgIpc) is 2.97. The van der Waals surface area contributed by atoms with E-state index in [1.165, 1.54) is 13.0 Å². The molecular formula is C62H101N11O14. The summed E-state index contributed by atoms with van der Waals surface area (Å²) in [7, 11) is 0. The lowest BCUT2D eigenvalue weighted by Gasteiger charge is -2.31. The Morgan fingerprint density at radius 2 is 1.06 bits per heavy atom. The lowest BCUT2D eigenvalue weighted by atomic mass is 9.93. The van der Waals surface area contributed by atoms with Gasteiger partial charge in [0.25, 0.3) is 5.91 Å². The van der Waals surface area contributed by atoms with E-state index in [1.54, 1.807) is 44.2 Å². The molecule has 3 unspecified atom stereocenters. The standard InChI is InChI=1S/C62H101N11O14/c1-11-15-16-17-21-24-41-32-50(77)65-44(25-27-74)55(80)66-43(14-4)62(87)73-35-42(76)33-49(73)59(84)67-45(26-28-75)56(81)69-48(31-40-22-19-18-20-23-40)57(82)68-47(30-37(7)8)58(83)71-53(39(10)13-3)61(86)72-52(38(9)12-2)60(85)70-46(29-36(5)6)54(79)63-34-51(78)64-41/h14,18-20,22-23,36-39,41-42,44-49,52-53,74-76H,11-13,15-17,21,24-35H2,1-10H3,(H,63,79)(H,64,78)(H,65,77)(H,66,80)(H,67,84)(H,68,82)(H,69,81)(H,70,85)(H,71,83)(H,72,86)/b43-14+/t38?,39?,41-,42?,44-,45-,46-,47-,48-,49-,52-,53-/m0/s1. The summed E-state index contributed by atoms with van der Waals surface area (Å²) in [5, 5.41) is 58.1. The van der Waals surface area contributed by atoms with Crippen molar-refractivity contribution in [1.29, 1.82) is 0 Å². The van der Waals surface area contributed by atoms with Crippen LogP contribution >= 0.6 is 0 Å². The molecule has 87 heavy (non-hydrogen) atoms. The second kappa shape index (κ2) is 38.3. The molecule has 2 aliphatic heterocycles. The van der Waals surface area contributed by atoms with Crippen LogP contribution in [0, 0.1) is 23.7 Å². The van der Waals surface area contributed by atoms with Crippen LogP contribution in [0.1, 0.15) is 165 Å². The van der Waals surface area contributed by atoms with Crippen molar-refractivity contribution >= 4 is 65.0 Å². The first-order valence-corrected chi connectivity index (χ1v) is 31.2. The summed E-state index contributed by atoms with van der Waals surface area (Å²) in [5.74, 6) is -10.0. The molecule has 488 valence electrons. The number of allylic oxidation sites excluding steroid dienone is 1. The molecule has 3 rings (SSSR count). The van der Waals surface area contributed by atoms with Gasteiger partial charge in [0.2, 0.25) is 59.1 Å². The maximum atomic E-state index is 14.6. The number of rotatable bonds is 20. The van der Waals surface area contributed by atoms with E-state index in [9.17, 15) is 68.1 Å². The Hall–Kier alpha value is -6.99. The van der Waals surface area contributed by atoms with Crippen LogP contribution in [0.25, 0.3) is 0 Å². The SMILES string of the molecule is C/C=C1/NC(=O)[C@H](CCO)NC(=O)C[C@H](CCCCCCC)NC(=O)CNC(=O)[C@H](CC(C)C)NC(=O)[C@H](C(C)CC)NC(=O)[C@H](C(C)CC)NC(=O)[C@H](CC(C)C)NC(=O)[C@H](Cc2ccccc2)NC(=O)[C@H](CCO)NC(=O)[C@@H]2CC(O)CN2C1=O. The molecule has 2 fully saturated rings. The Labute approximate surface area is 513 Å². The van der Waals surface area contributed by atoms with Crippen molar-refractivity contribution in [3.05, 3.63) is 47.7 Å². The van der Waals surface area contributed by atoms with Gasteiger partial charge in [-0.15, -0.1) is 0 Å². The predicted molar refractivity (Wildman–Crippen MR) is 326 cm³/mol. The summed E-state index contributed by atoms with van der Waals surface area (Å²) in [6.45, 7) is 15.8. The van der Waals surface area contributed by atoms with Gasteiger partial charge in [0, 0.05) is 45.1 Å². The normalized spacial score (nSPS) is 26.6. The van der Waals surface area contributed by atoms with Crippen LogP contribution in [-0.2, 0) is 59.2 Å². The van der Waals surface area contributed by atoms with Crippen molar-refractivity contribution in [2.45, 2.75) is 226 Å². The number of nitrogens with zero attached hydrogens (tertiary/aromatic N) is 1. The van der Waals surface area contributed by atoms with E-state index in [0.717, 1.165) is 30.6 Å². The van der Waals surface area contributed by atoms with Crippen molar-refractivity contribution in [3.8, 4) is 0 Å². The van der Waals surface area contributed by atoms with Crippen LogP contribution in [0.5, 0.6) is 0 Å². The van der Waals surface area contributed by atoms with Crippen molar-refractivity contribution in [2.75, 3.05) is 26.3 Å². The Bertz CT molecular complexity index is 2480. The molecule has 0 bridgehead atoms. The minimum atomic E-state index is -1.52. The Morgan fingerprint density at radius 1 is 0.552 bits per heavy atom. The highest BCUT2D eigenvalue weighted by atomic mass is 16.3. The van der Waals surface area contributed by atoms with Gasteiger partial charge in [-0.25, -0.2) is 0 Å². The number of benzene rings is 1. The van der Waals surface area contributed by atoms with Crippen molar-refractivity contribution in [3.63, 3.8) is 0 Å². The third kappa shape index (κ3) is 25.0. The lowest BCUT2D eigenvalue weighted by Crippen LogP contribution is -2.62. The summed E-state index contributed by atoms with van der Waals surface area (Å²) in [4.78, 5) is 157. The van der Waals surface area contributed by atoms with Gasteiger partial charge in [-0.05, 0) is 68.3 Å². The summed E-state index contributed by atoms with van der Waals surface area (Å²) in [6.07, 6.45) is 4.20. The molecule has 11 amide bonds. The van der Waals surface area contributed by atoms with E-state index >= 15 is 0 Å². The van der Waals surface area contributed by atoms with E-state index in [4.69, 9.17) is 0 Å². The van der Waals surface area contributed by atoms with Crippen LogP contribution in [-0.4, -0.2) is 172 Å². The second-order valence-electron chi connectivity index (χ2n) is 24.0. The number of hydrogen-bond acceptors (Lipinski definition) is 14. The summed E-state index contributed by atoms with van der Waals surface area (Å²) in [6, 6.07) is -2.83. The number of hydrogen-bond donors (Lipinski definition) is 13. The molecular weight excluding hydrogens is 1120 g/mol. The molecule has 0 radical (unpaired) electrons. The molecule has 12 atom stereocenters. The fourth-order valence-electron chi connectivity index (χ4n) is 10.4. The molecule has 2 aliphatic rings. The quantitative estimate of drug-likeness (QED) is 0.0638. The molecule has 0 aliphatic carbocycles. The summed E-state index contributed by atoms with van der Waals surface area (Å²) < 4.78 is 0. The monoisotopic (exact) mass is 1220 g/mol. The van der Waals surface area contributed by atoms with Gasteiger partial charge in [-0.2, -0.15) is 0 Å². The predicted octanol–water partition coefficient (Wildman–Crippen LogP) is 0.919. The summed E-state index contributed by atoms with van der Waals surface area (Å²) >= 11 is 0. The first-order chi connectivity index (χ1) is 41.3. The Balaban J connectivity index is 2.18. The minimum absolute atomic E-state index is 0.0705. The van der Waals surface area contributed by atoms with E-state index in [2.05, 4.69) is 60.1 Å². The van der Waals surface area contributed by atoms with E-state index < -0.39 is 157 Å². The van der Waals surface area contributed by atoms with Crippen LogP contribution in [0.2, 0.25) is 0 Å². The molecule has 1 aromatic carbocycles. The van der Waals surface area contributed by atoms with Crippen molar-refractivity contribution in [2.24, 2.45) is 23.7 Å². The summed E-state index contributed by atoms with van der Waals surface area (Å²) in [5.41, 5.74) is 0.244. The fraction of sp³-hybridized carbons (Fsp3) is 0.694. The van der Waals surface area contributed by atoms with Gasteiger partial charge in [0.05, 0.1) is 12.6 Å². The molecule has 25 heteroatoms. The number of aliphatic hydroxyl groups excluding tert-OH is 3. The zero-order valence-corrected chi connectivity index (χ0v) is 52.8. The van der Waals surface area contributed by atoms with Gasteiger partial charge in [-0.1, -0.05) is 144 Å².